The molecule has 3 N–H and O–H groups in total. The van der Waals surface area contributed by atoms with Crippen LogP contribution in [0, 0.1) is 0 Å². The van der Waals surface area contributed by atoms with Crippen molar-refractivity contribution in [3.8, 4) is 0 Å². The number of aromatic nitrogens is 1. The molecule has 0 fully saturated rings. The van der Waals surface area contributed by atoms with E-state index in [1.54, 1.807) is 12.3 Å². The molecule has 0 aliphatic rings. The lowest BCUT2D eigenvalue weighted by atomic mass is 10.3. The number of likely N-dealkylation sites (N-methyl/N-ethyl adjacent to an activating group) is 1. The second-order valence-corrected chi connectivity index (χ2v) is 3.09. The van der Waals surface area contributed by atoms with Crippen LogP contribution < -0.4 is 16.2 Å². The summed E-state index contributed by atoms with van der Waals surface area (Å²) in [5.41, 5.74) is 0.973. The van der Waals surface area contributed by atoms with Gasteiger partial charge in [-0.1, -0.05) is 6.92 Å². The van der Waals surface area contributed by atoms with Crippen LogP contribution in [-0.4, -0.2) is 24.6 Å². The van der Waals surface area contributed by atoms with Crippen LogP contribution in [0.2, 0.25) is 0 Å². The molecular formula is C10H17N3O. The second-order valence-electron chi connectivity index (χ2n) is 3.09. The number of aromatic amines is 1. The fraction of sp³-hybridized carbons (Fsp3) is 0.500. The van der Waals surface area contributed by atoms with Gasteiger partial charge in [0.25, 0.3) is 0 Å². The summed E-state index contributed by atoms with van der Waals surface area (Å²) in [7, 11) is 0. The van der Waals surface area contributed by atoms with Crippen LogP contribution in [0.5, 0.6) is 0 Å². The number of hydrogen-bond acceptors (Lipinski definition) is 3. The third-order valence-electron chi connectivity index (χ3n) is 1.90. The molecule has 1 rings (SSSR count). The van der Waals surface area contributed by atoms with Crippen LogP contribution in [0.1, 0.15) is 12.5 Å². The van der Waals surface area contributed by atoms with Gasteiger partial charge in [0.2, 0.25) is 5.56 Å². The zero-order valence-electron chi connectivity index (χ0n) is 8.47. The summed E-state index contributed by atoms with van der Waals surface area (Å²) < 4.78 is 0. The third-order valence-corrected chi connectivity index (χ3v) is 1.90. The van der Waals surface area contributed by atoms with Crippen molar-refractivity contribution in [2.75, 3.05) is 19.6 Å². The zero-order chi connectivity index (χ0) is 10.2. The van der Waals surface area contributed by atoms with Crippen molar-refractivity contribution in [1.82, 2.24) is 15.6 Å². The quantitative estimate of drug-likeness (QED) is 0.563. The molecule has 1 aromatic heterocycles. The lowest BCUT2D eigenvalue weighted by molar-refractivity contribution is 0.624. The first-order valence-electron chi connectivity index (χ1n) is 4.92. The van der Waals surface area contributed by atoms with Gasteiger partial charge < -0.3 is 15.6 Å². The van der Waals surface area contributed by atoms with Crippen molar-refractivity contribution in [3.05, 3.63) is 34.2 Å². The van der Waals surface area contributed by atoms with Crippen molar-refractivity contribution in [2.24, 2.45) is 0 Å². The van der Waals surface area contributed by atoms with Gasteiger partial charge in [-0.3, -0.25) is 4.79 Å². The number of pyridine rings is 1. The van der Waals surface area contributed by atoms with Crippen molar-refractivity contribution in [1.29, 1.82) is 0 Å². The first-order chi connectivity index (χ1) is 6.83. The Morgan fingerprint density at radius 2 is 2.14 bits per heavy atom. The molecule has 0 aromatic carbocycles. The number of nitrogens with one attached hydrogen (secondary N) is 3. The van der Waals surface area contributed by atoms with Gasteiger partial charge in [-0.25, -0.2) is 0 Å². The summed E-state index contributed by atoms with van der Waals surface area (Å²) in [4.78, 5) is 13.5. The predicted octanol–water partition coefficient (Wildman–Crippen LogP) is 0.0740. The van der Waals surface area contributed by atoms with E-state index in [9.17, 15) is 4.79 Å². The lowest BCUT2D eigenvalue weighted by Crippen LogP contribution is -2.27. The minimum atomic E-state index is -0.0454. The molecule has 0 atom stereocenters. The molecule has 1 heterocycles. The molecule has 0 unspecified atom stereocenters. The van der Waals surface area contributed by atoms with E-state index < -0.39 is 0 Å². The Bertz CT molecular complexity index is 308. The SMILES string of the molecule is CCNCCNCc1cc[nH]c(=O)c1. The largest absolute Gasteiger partial charge is 0.329 e. The van der Waals surface area contributed by atoms with Crippen LogP contribution >= 0.6 is 0 Å². The van der Waals surface area contributed by atoms with Crippen LogP contribution in [0.4, 0.5) is 0 Å². The molecule has 0 saturated carbocycles. The Morgan fingerprint density at radius 3 is 2.86 bits per heavy atom. The van der Waals surface area contributed by atoms with Crippen LogP contribution in [-0.2, 0) is 6.54 Å². The average molecular weight is 195 g/mol. The molecule has 0 amide bonds. The van der Waals surface area contributed by atoms with E-state index >= 15 is 0 Å². The maximum absolute atomic E-state index is 10.9. The van der Waals surface area contributed by atoms with Gasteiger partial charge in [0, 0.05) is 31.9 Å². The smallest absolute Gasteiger partial charge is 0.248 e. The second kappa shape index (κ2) is 6.34. The van der Waals surface area contributed by atoms with Crippen LogP contribution in [0.3, 0.4) is 0 Å². The van der Waals surface area contributed by atoms with E-state index in [1.807, 2.05) is 6.07 Å². The predicted molar refractivity (Wildman–Crippen MR) is 57.3 cm³/mol. The molecule has 0 spiro atoms. The molecule has 1 aromatic rings. The van der Waals surface area contributed by atoms with E-state index in [-0.39, 0.29) is 5.56 Å². The third kappa shape index (κ3) is 4.20. The number of rotatable bonds is 6. The average Bonchev–Trinajstić information content (AvgIpc) is 2.18. The van der Waals surface area contributed by atoms with Crippen molar-refractivity contribution >= 4 is 0 Å². The molecule has 0 radical (unpaired) electrons. The molecule has 0 saturated heterocycles. The molecule has 78 valence electrons. The molecule has 4 heteroatoms. The van der Waals surface area contributed by atoms with E-state index in [2.05, 4.69) is 22.5 Å². The first-order valence-corrected chi connectivity index (χ1v) is 4.92. The Hall–Kier alpha value is -1.13. The maximum Gasteiger partial charge on any atom is 0.248 e. The van der Waals surface area contributed by atoms with Gasteiger partial charge in [-0.05, 0) is 18.2 Å². The van der Waals surface area contributed by atoms with Crippen molar-refractivity contribution in [3.63, 3.8) is 0 Å². The van der Waals surface area contributed by atoms with Gasteiger partial charge in [0.1, 0.15) is 0 Å². The van der Waals surface area contributed by atoms with Gasteiger partial charge in [0.15, 0.2) is 0 Å². The van der Waals surface area contributed by atoms with E-state index in [0.717, 1.165) is 31.7 Å². The summed E-state index contributed by atoms with van der Waals surface area (Å²) in [6, 6.07) is 3.52. The zero-order valence-corrected chi connectivity index (χ0v) is 8.47. The van der Waals surface area contributed by atoms with E-state index in [4.69, 9.17) is 0 Å². The highest BCUT2D eigenvalue weighted by molar-refractivity contribution is 5.09. The Morgan fingerprint density at radius 1 is 1.36 bits per heavy atom. The summed E-state index contributed by atoms with van der Waals surface area (Å²) in [6.45, 7) is 5.69. The number of hydrogen-bond donors (Lipinski definition) is 3. The molecule has 14 heavy (non-hydrogen) atoms. The van der Waals surface area contributed by atoms with E-state index in [1.165, 1.54) is 0 Å². The fourth-order valence-electron chi connectivity index (χ4n) is 1.19. The minimum absolute atomic E-state index is 0.0454. The lowest BCUT2D eigenvalue weighted by Gasteiger charge is -2.04. The Kier molecular flexibility index (Phi) is 4.96. The summed E-state index contributed by atoms with van der Waals surface area (Å²) in [5.74, 6) is 0. The number of H-pyrrole nitrogens is 1. The summed E-state index contributed by atoms with van der Waals surface area (Å²) in [6.07, 6.45) is 1.67. The highest BCUT2D eigenvalue weighted by Crippen LogP contribution is 1.90. The minimum Gasteiger partial charge on any atom is -0.329 e. The van der Waals surface area contributed by atoms with Crippen molar-refractivity contribution in [2.45, 2.75) is 13.5 Å². The summed E-state index contributed by atoms with van der Waals surface area (Å²) in [5, 5.41) is 6.46. The monoisotopic (exact) mass is 195 g/mol. The van der Waals surface area contributed by atoms with Gasteiger partial charge in [-0.2, -0.15) is 0 Å². The summed E-state index contributed by atoms with van der Waals surface area (Å²) >= 11 is 0. The van der Waals surface area contributed by atoms with Gasteiger partial charge in [-0.15, -0.1) is 0 Å². The molecule has 0 bridgehead atoms. The van der Waals surface area contributed by atoms with Crippen LogP contribution in [0.15, 0.2) is 23.1 Å². The Labute approximate surface area is 83.7 Å². The topological polar surface area (TPSA) is 56.9 Å². The van der Waals surface area contributed by atoms with Crippen LogP contribution in [0.25, 0.3) is 0 Å². The highest BCUT2D eigenvalue weighted by atomic mass is 16.1. The molecule has 0 aliphatic heterocycles. The molecular weight excluding hydrogens is 178 g/mol. The fourth-order valence-corrected chi connectivity index (χ4v) is 1.19. The first kappa shape index (κ1) is 10.9. The highest BCUT2D eigenvalue weighted by Gasteiger charge is 1.92. The van der Waals surface area contributed by atoms with Gasteiger partial charge >= 0.3 is 0 Å². The van der Waals surface area contributed by atoms with Gasteiger partial charge in [0.05, 0.1) is 0 Å². The Balaban J connectivity index is 2.21. The molecule has 0 aliphatic carbocycles. The molecule has 4 nitrogen and oxygen atoms in total. The van der Waals surface area contributed by atoms with Crippen molar-refractivity contribution < 1.29 is 0 Å². The standard InChI is InChI=1S/C10H17N3O/c1-2-11-5-6-12-8-9-3-4-13-10(14)7-9/h3-4,7,11-12H,2,5-6,8H2,1H3,(H,13,14). The van der Waals surface area contributed by atoms with E-state index in [0.29, 0.717) is 0 Å². The normalized spacial score (nSPS) is 10.4. The maximum atomic E-state index is 10.9.